The Morgan fingerprint density at radius 2 is 1.95 bits per heavy atom. The largest absolute Gasteiger partial charge is 0.377 e. The molecule has 3 heteroatoms. The summed E-state index contributed by atoms with van der Waals surface area (Å²) in [5.74, 6) is 0.805. The molecule has 4 atom stereocenters. The SMILES string of the molecule is CCOC1CCCN(C2CC(C(C)(C)C)CCC2N)C1. The highest BCUT2D eigenvalue weighted by Gasteiger charge is 2.38. The number of ether oxygens (including phenoxy) is 1. The lowest BCUT2D eigenvalue weighted by Gasteiger charge is -2.47. The summed E-state index contributed by atoms with van der Waals surface area (Å²) in [5.41, 5.74) is 6.86. The van der Waals surface area contributed by atoms with Gasteiger partial charge in [-0.2, -0.15) is 0 Å². The molecule has 1 aliphatic carbocycles. The van der Waals surface area contributed by atoms with Crippen molar-refractivity contribution >= 4 is 0 Å². The molecular formula is C17H34N2O. The number of piperidine rings is 1. The van der Waals surface area contributed by atoms with Crippen molar-refractivity contribution in [3.63, 3.8) is 0 Å². The van der Waals surface area contributed by atoms with Gasteiger partial charge in [-0.3, -0.25) is 4.90 Å². The Kier molecular flexibility index (Phi) is 5.49. The van der Waals surface area contributed by atoms with Crippen molar-refractivity contribution in [1.82, 2.24) is 4.90 Å². The average molecular weight is 282 g/mol. The van der Waals surface area contributed by atoms with Gasteiger partial charge < -0.3 is 10.5 Å². The minimum Gasteiger partial charge on any atom is -0.377 e. The van der Waals surface area contributed by atoms with Gasteiger partial charge in [-0.05, 0) is 56.9 Å². The maximum Gasteiger partial charge on any atom is 0.0702 e. The first-order valence-electron chi connectivity index (χ1n) is 8.53. The van der Waals surface area contributed by atoms with Gasteiger partial charge in [-0.1, -0.05) is 20.8 Å². The van der Waals surface area contributed by atoms with Gasteiger partial charge in [0.2, 0.25) is 0 Å². The predicted molar refractivity (Wildman–Crippen MR) is 84.8 cm³/mol. The molecule has 4 unspecified atom stereocenters. The van der Waals surface area contributed by atoms with E-state index in [1.54, 1.807) is 0 Å². The molecule has 1 saturated carbocycles. The van der Waals surface area contributed by atoms with Gasteiger partial charge in [0.25, 0.3) is 0 Å². The van der Waals surface area contributed by atoms with Gasteiger partial charge in [-0.15, -0.1) is 0 Å². The Morgan fingerprint density at radius 3 is 2.60 bits per heavy atom. The Hall–Kier alpha value is -0.120. The molecule has 1 aliphatic heterocycles. The summed E-state index contributed by atoms with van der Waals surface area (Å²) in [6.45, 7) is 12.4. The molecule has 2 rings (SSSR count). The lowest BCUT2D eigenvalue weighted by Crippen LogP contribution is -2.56. The van der Waals surface area contributed by atoms with E-state index >= 15 is 0 Å². The van der Waals surface area contributed by atoms with E-state index in [9.17, 15) is 0 Å². The van der Waals surface area contributed by atoms with Crippen LogP contribution in [0.4, 0.5) is 0 Å². The normalized spacial score (nSPS) is 37.0. The van der Waals surface area contributed by atoms with Crippen molar-refractivity contribution in [2.24, 2.45) is 17.1 Å². The van der Waals surface area contributed by atoms with Crippen molar-refractivity contribution in [3.05, 3.63) is 0 Å². The van der Waals surface area contributed by atoms with E-state index in [2.05, 4.69) is 32.6 Å². The van der Waals surface area contributed by atoms with Crippen LogP contribution in [0.5, 0.6) is 0 Å². The van der Waals surface area contributed by atoms with Gasteiger partial charge in [0.15, 0.2) is 0 Å². The first kappa shape index (κ1) is 16.3. The number of likely N-dealkylation sites (tertiary alicyclic amines) is 1. The predicted octanol–water partition coefficient (Wildman–Crippen LogP) is 3.03. The summed E-state index contributed by atoms with van der Waals surface area (Å²) in [4.78, 5) is 2.63. The zero-order valence-electron chi connectivity index (χ0n) is 13.9. The van der Waals surface area contributed by atoms with E-state index in [0.717, 1.165) is 19.1 Å². The highest BCUT2D eigenvalue weighted by atomic mass is 16.5. The topological polar surface area (TPSA) is 38.5 Å². The molecule has 118 valence electrons. The van der Waals surface area contributed by atoms with Crippen molar-refractivity contribution in [3.8, 4) is 0 Å². The molecule has 0 spiro atoms. The van der Waals surface area contributed by atoms with Gasteiger partial charge >= 0.3 is 0 Å². The molecule has 0 aromatic carbocycles. The summed E-state index contributed by atoms with van der Waals surface area (Å²) in [6.07, 6.45) is 6.65. The van der Waals surface area contributed by atoms with Gasteiger partial charge in [0.05, 0.1) is 6.10 Å². The lowest BCUT2D eigenvalue weighted by molar-refractivity contribution is -0.0254. The molecule has 1 heterocycles. The van der Waals surface area contributed by atoms with Crippen molar-refractivity contribution in [2.75, 3.05) is 19.7 Å². The summed E-state index contributed by atoms with van der Waals surface area (Å²) < 4.78 is 5.85. The van der Waals surface area contributed by atoms with Crippen LogP contribution in [0.1, 0.15) is 59.8 Å². The fraction of sp³-hybridized carbons (Fsp3) is 1.00. The molecule has 0 radical (unpaired) electrons. The van der Waals surface area contributed by atoms with E-state index in [0.29, 0.717) is 23.6 Å². The fourth-order valence-electron chi connectivity index (χ4n) is 4.02. The molecule has 2 N–H and O–H groups in total. The molecule has 0 aromatic rings. The van der Waals surface area contributed by atoms with E-state index in [-0.39, 0.29) is 0 Å². The first-order valence-corrected chi connectivity index (χ1v) is 8.53. The third-order valence-corrected chi connectivity index (χ3v) is 5.37. The minimum absolute atomic E-state index is 0.356. The zero-order chi connectivity index (χ0) is 14.8. The van der Waals surface area contributed by atoms with Crippen molar-refractivity contribution in [1.29, 1.82) is 0 Å². The Bertz CT molecular complexity index is 298. The van der Waals surface area contributed by atoms with E-state index in [4.69, 9.17) is 10.5 Å². The molecule has 20 heavy (non-hydrogen) atoms. The Balaban J connectivity index is 1.98. The second-order valence-electron chi connectivity index (χ2n) is 7.82. The number of nitrogens with zero attached hydrogens (tertiary/aromatic N) is 1. The zero-order valence-corrected chi connectivity index (χ0v) is 13.9. The number of nitrogens with two attached hydrogens (primary N) is 1. The van der Waals surface area contributed by atoms with Crippen LogP contribution < -0.4 is 5.73 Å². The van der Waals surface area contributed by atoms with Gasteiger partial charge in [-0.25, -0.2) is 0 Å². The van der Waals surface area contributed by atoms with Crippen molar-refractivity contribution in [2.45, 2.75) is 78.0 Å². The Labute approximate surface area is 125 Å². The third kappa shape index (κ3) is 3.96. The molecule has 1 saturated heterocycles. The van der Waals surface area contributed by atoms with Crippen LogP contribution >= 0.6 is 0 Å². The maximum absolute atomic E-state index is 6.45. The molecular weight excluding hydrogens is 248 g/mol. The molecule has 0 aromatic heterocycles. The highest BCUT2D eigenvalue weighted by molar-refractivity contribution is 4.94. The molecule has 2 aliphatic rings. The van der Waals surface area contributed by atoms with Gasteiger partial charge in [0.1, 0.15) is 0 Å². The summed E-state index contributed by atoms with van der Waals surface area (Å²) in [5, 5.41) is 0. The number of rotatable bonds is 3. The first-order chi connectivity index (χ1) is 9.41. The summed E-state index contributed by atoms with van der Waals surface area (Å²) >= 11 is 0. The van der Waals surface area contributed by atoms with Crippen LogP contribution in [-0.4, -0.2) is 42.8 Å². The number of hydrogen-bond donors (Lipinski definition) is 1. The van der Waals surface area contributed by atoms with E-state index in [1.807, 2.05) is 0 Å². The Morgan fingerprint density at radius 1 is 1.20 bits per heavy atom. The third-order valence-electron chi connectivity index (χ3n) is 5.37. The van der Waals surface area contributed by atoms with E-state index < -0.39 is 0 Å². The van der Waals surface area contributed by atoms with E-state index in [1.165, 1.54) is 38.6 Å². The van der Waals surface area contributed by atoms with Crippen LogP contribution in [0, 0.1) is 11.3 Å². The second kappa shape index (κ2) is 6.76. The second-order valence-corrected chi connectivity index (χ2v) is 7.82. The van der Waals surface area contributed by atoms with Crippen molar-refractivity contribution < 1.29 is 4.74 Å². The van der Waals surface area contributed by atoms with Crippen LogP contribution in [-0.2, 0) is 4.74 Å². The summed E-state index contributed by atoms with van der Waals surface area (Å²) in [6, 6.07) is 0.921. The number of hydrogen-bond acceptors (Lipinski definition) is 3. The smallest absolute Gasteiger partial charge is 0.0702 e. The highest BCUT2D eigenvalue weighted by Crippen LogP contribution is 2.39. The standard InChI is InChI=1S/C17H34N2O/c1-5-20-14-7-6-10-19(12-14)16-11-13(17(2,3)4)8-9-15(16)18/h13-16H,5-12,18H2,1-4H3. The van der Waals surface area contributed by atoms with Crippen LogP contribution in [0.25, 0.3) is 0 Å². The van der Waals surface area contributed by atoms with Crippen LogP contribution in [0.2, 0.25) is 0 Å². The average Bonchev–Trinajstić information content (AvgIpc) is 2.38. The minimum atomic E-state index is 0.356. The maximum atomic E-state index is 6.45. The fourth-order valence-corrected chi connectivity index (χ4v) is 4.02. The molecule has 0 amide bonds. The van der Waals surface area contributed by atoms with Crippen LogP contribution in [0.3, 0.4) is 0 Å². The molecule has 0 bridgehead atoms. The monoisotopic (exact) mass is 282 g/mol. The van der Waals surface area contributed by atoms with Gasteiger partial charge in [0, 0.05) is 25.2 Å². The molecule has 2 fully saturated rings. The summed E-state index contributed by atoms with van der Waals surface area (Å²) in [7, 11) is 0. The lowest BCUT2D eigenvalue weighted by atomic mass is 9.69. The molecule has 3 nitrogen and oxygen atoms in total. The van der Waals surface area contributed by atoms with Crippen LogP contribution in [0.15, 0.2) is 0 Å². The quantitative estimate of drug-likeness (QED) is 0.864.